The molecule has 0 aliphatic carbocycles. The van der Waals surface area contributed by atoms with E-state index < -0.39 is 0 Å². The molecule has 0 saturated carbocycles. The van der Waals surface area contributed by atoms with Crippen molar-refractivity contribution < 1.29 is 0 Å². The molecule has 0 spiro atoms. The fourth-order valence-electron chi connectivity index (χ4n) is 3.25. The second-order valence-corrected chi connectivity index (χ2v) is 8.58. The van der Waals surface area contributed by atoms with Crippen molar-refractivity contribution >= 4 is 5.70 Å². The van der Waals surface area contributed by atoms with Crippen LogP contribution in [0.5, 0.6) is 0 Å². The molecule has 0 fully saturated rings. The van der Waals surface area contributed by atoms with Gasteiger partial charge in [0.25, 0.3) is 0 Å². The highest BCUT2D eigenvalue weighted by Gasteiger charge is 2.17. The molecule has 2 aromatic rings. The van der Waals surface area contributed by atoms with Gasteiger partial charge in [-0.1, -0.05) is 95.0 Å². The molecule has 0 aromatic heterocycles. The summed E-state index contributed by atoms with van der Waals surface area (Å²) in [5, 5.41) is 3.36. The molecule has 2 aromatic carbocycles. The predicted octanol–water partition coefficient (Wildman–Crippen LogP) is 6.86. The highest BCUT2D eigenvalue weighted by molar-refractivity contribution is 5.61. The van der Waals surface area contributed by atoms with Gasteiger partial charge >= 0.3 is 0 Å². The summed E-state index contributed by atoms with van der Waals surface area (Å²) in [6, 6.07) is 17.8. The van der Waals surface area contributed by atoms with Crippen molar-refractivity contribution in [1.82, 2.24) is 5.32 Å². The quantitative estimate of drug-likeness (QED) is 0.507. The first kappa shape index (κ1) is 21.0. The molecule has 0 bridgehead atoms. The van der Waals surface area contributed by atoms with Crippen LogP contribution in [0.25, 0.3) is 5.70 Å². The molecule has 0 heterocycles. The monoisotopic (exact) mass is 361 g/mol. The van der Waals surface area contributed by atoms with Crippen molar-refractivity contribution in [3.8, 4) is 0 Å². The average molecular weight is 362 g/mol. The highest BCUT2D eigenvalue weighted by Crippen LogP contribution is 2.30. The van der Waals surface area contributed by atoms with Gasteiger partial charge in [-0.2, -0.15) is 0 Å². The molecule has 1 N–H and O–H groups in total. The predicted molar refractivity (Wildman–Crippen MR) is 120 cm³/mol. The minimum atomic E-state index is 0.182. The van der Waals surface area contributed by atoms with Crippen LogP contribution in [0.4, 0.5) is 0 Å². The van der Waals surface area contributed by atoms with Crippen LogP contribution in [0.3, 0.4) is 0 Å². The molecule has 0 saturated heterocycles. The Hall–Kier alpha value is -2.28. The number of rotatable bonds is 8. The fourth-order valence-corrected chi connectivity index (χ4v) is 3.25. The number of hydrogen-bond donors (Lipinski definition) is 1. The molecule has 1 atom stereocenters. The standard InChI is InChI=1S/C26H35N/c1-8-17-27-20(4)22-11-9-21(10-12-22)18-25(19(2)3)23-13-15-24(16-14-23)26(5,6)7/h9-16,25,27H,2,4,8,17-18H2,1,3,5-7H3. The van der Waals surface area contributed by atoms with Crippen LogP contribution in [-0.2, 0) is 11.8 Å². The average Bonchev–Trinajstić information content (AvgIpc) is 2.64. The first-order valence-corrected chi connectivity index (χ1v) is 10.00. The first-order valence-electron chi connectivity index (χ1n) is 10.00. The number of nitrogens with one attached hydrogen (secondary N) is 1. The van der Waals surface area contributed by atoms with Gasteiger partial charge < -0.3 is 5.32 Å². The Labute approximate surface area is 166 Å². The maximum absolute atomic E-state index is 4.25. The van der Waals surface area contributed by atoms with Gasteiger partial charge in [-0.25, -0.2) is 0 Å². The van der Waals surface area contributed by atoms with Gasteiger partial charge in [0, 0.05) is 18.2 Å². The largest absolute Gasteiger partial charge is 0.385 e. The summed E-state index contributed by atoms with van der Waals surface area (Å²) >= 11 is 0. The lowest BCUT2D eigenvalue weighted by Gasteiger charge is -2.22. The van der Waals surface area contributed by atoms with E-state index in [2.05, 4.69) is 102 Å². The Kier molecular flexibility index (Phi) is 7.07. The lowest BCUT2D eigenvalue weighted by molar-refractivity contribution is 0.589. The van der Waals surface area contributed by atoms with Gasteiger partial charge in [-0.05, 0) is 47.4 Å². The minimum Gasteiger partial charge on any atom is -0.385 e. The Balaban J connectivity index is 2.14. The normalized spacial score (nSPS) is 12.5. The van der Waals surface area contributed by atoms with E-state index in [4.69, 9.17) is 0 Å². The van der Waals surface area contributed by atoms with E-state index in [0.29, 0.717) is 5.92 Å². The van der Waals surface area contributed by atoms with Gasteiger partial charge in [-0.3, -0.25) is 0 Å². The summed E-state index contributed by atoms with van der Waals surface area (Å²) in [5.41, 5.74) is 7.59. The van der Waals surface area contributed by atoms with Gasteiger partial charge in [0.1, 0.15) is 0 Å². The van der Waals surface area contributed by atoms with Crippen LogP contribution < -0.4 is 5.32 Å². The molecule has 0 aliphatic rings. The molecule has 144 valence electrons. The third-order valence-electron chi connectivity index (χ3n) is 5.10. The topological polar surface area (TPSA) is 12.0 Å². The van der Waals surface area contributed by atoms with Crippen LogP contribution in [0.15, 0.2) is 67.3 Å². The molecule has 0 radical (unpaired) electrons. The molecule has 1 nitrogen and oxygen atoms in total. The van der Waals surface area contributed by atoms with E-state index in [1.165, 1.54) is 22.3 Å². The smallest absolute Gasteiger partial charge is 0.0340 e. The molecule has 0 aliphatic heterocycles. The highest BCUT2D eigenvalue weighted by atomic mass is 14.9. The molecule has 0 amide bonds. The lowest BCUT2D eigenvalue weighted by atomic mass is 9.83. The summed E-state index contributed by atoms with van der Waals surface area (Å²) in [6.45, 7) is 20.4. The summed E-state index contributed by atoms with van der Waals surface area (Å²) in [7, 11) is 0. The zero-order valence-electron chi connectivity index (χ0n) is 17.7. The second-order valence-electron chi connectivity index (χ2n) is 8.58. The molecule has 1 heteroatoms. The SMILES string of the molecule is C=C(NCCC)c1ccc(CC(C(=C)C)c2ccc(C(C)(C)C)cc2)cc1. The van der Waals surface area contributed by atoms with Crippen LogP contribution in [0.1, 0.15) is 69.2 Å². The lowest BCUT2D eigenvalue weighted by Crippen LogP contribution is -2.12. The van der Waals surface area contributed by atoms with E-state index in [0.717, 1.165) is 30.6 Å². The van der Waals surface area contributed by atoms with Crippen molar-refractivity contribution in [1.29, 1.82) is 0 Å². The van der Waals surface area contributed by atoms with Crippen molar-refractivity contribution in [3.05, 3.63) is 89.5 Å². The van der Waals surface area contributed by atoms with Crippen LogP contribution in [0, 0.1) is 0 Å². The number of benzene rings is 2. The van der Waals surface area contributed by atoms with E-state index in [-0.39, 0.29) is 5.41 Å². The van der Waals surface area contributed by atoms with Crippen molar-refractivity contribution in [3.63, 3.8) is 0 Å². The zero-order valence-corrected chi connectivity index (χ0v) is 17.7. The van der Waals surface area contributed by atoms with E-state index >= 15 is 0 Å². The van der Waals surface area contributed by atoms with Crippen molar-refractivity contribution in [2.45, 2.75) is 58.8 Å². The maximum atomic E-state index is 4.25. The Morgan fingerprint density at radius 3 is 2.04 bits per heavy atom. The van der Waals surface area contributed by atoms with Gasteiger partial charge in [-0.15, -0.1) is 0 Å². The molecular weight excluding hydrogens is 326 g/mol. The third-order valence-corrected chi connectivity index (χ3v) is 5.10. The van der Waals surface area contributed by atoms with Gasteiger partial charge in [0.2, 0.25) is 0 Å². The Morgan fingerprint density at radius 2 is 1.56 bits per heavy atom. The summed E-state index contributed by atoms with van der Waals surface area (Å²) in [5.74, 6) is 0.339. The van der Waals surface area contributed by atoms with E-state index in [9.17, 15) is 0 Å². The van der Waals surface area contributed by atoms with Gasteiger partial charge in [0.15, 0.2) is 0 Å². The van der Waals surface area contributed by atoms with E-state index in [1.807, 2.05) is 0 Å². The summed E-state index contributed by atoms with van der Waals surface area (Å²) in [6.07, 6.45) is 2.07. The Bertz CT molecular complexity index is 757. The minimum absolute atomic E-state index is 0.182. The molecule has 27 heavy (non-hydrogen) atoms. The van der Waals surface area contributed by atoms with Gasteiger partial charge in [0.05, 0.1) is 0 Å². The summed E-state index contributed by atoms with van der Waals surface area (Å²) in [4.78, 5) is 0. The zero-order chi connectivity index (χ0) is 20.0. The third kappa shape index (κ3) is 5.85. The van der Waals surface area contributed by atoms with Crippen molar-refractivity contribution in [2.24, 2.45) is 0 Å². The van der Waals surface area contributed by atoms with Crippen molar-refractivity contribution in [2.75, 3.05) is 6.54 Å². The maximum Gasteiger partial charge on any atom is 0.0340 e. The molecule has 1 unspecified atom stereocenters. The number of allylic oxidation sites excluding steroid dienone is 1. The fraction of sp³-hybridized carbons (Fsp3) is 0.385. The summed E-state index contributed by atoms with van der Waals surface area (Å²) < 4.78 is 0. The van der Waals surface area contributed by atoms with Crippen LogP contribution in [-0.4, -0.2) is 6.54 Å². The second kappa shape index (κ2) is 9.08. The van der Waals surface area contributed by atoms with Crippen LogP contribution >= 0.6 is 0 Å². The molecular formula is C26H35N. The first-order chi connectivity index (χ1) is 12.7. The Morgan fingerprint density at radius 1 is 0.963 bits per heavy atom. The molecule has 2 rings (SSSR count). The van der Waals surface area contributed by atoms with E-state index in [1.54, 1.807) is 0 Å². The van der Waals surface area contributed by atoms with Crippen LogP contribution in [0.2, 0.25) is 0 Å². The number of hydrogen-bond acceptors (Lipinski definition) is 1.